The topological polar surface area (TPSA) is 32.8 Å². The van der Waals surface area contributed by atoms with Crippen molar-refractivity contribution in [2.75, 3.05) is 26.9 Å². The van der Waals surface area contributed by atoms with E-state index in [4.69, 9.17) is 4.74 Å². The molecule has 1 aliphatic heterocycles. The van der Waals surface area contributed by atoms with Crippen LogP contribution in [0.25, 0.3) is 0 Å². The van der Waals surface area contributed by atoms with E-state index in [0.29, 0.717) is 6.73 Å². The van der Waals surface area contributed by atoms with Gasteiger partial charge in [0.15, 0.2) is 0 Å². The van der Waals surface area contributed by atoms with Crippen molar-refractivity contribution in [1.29, 1.82) is 0 Å². The lowest BCUT2D eigenvalue weighted by molar-refractivity contribution is -0.151. The van der Waals surface area contributed by atoms with Gasteiger partial charge in [0.2, 0.25) is 5.91 Å². The van der Waals surface area contributed by atoms with Gasteiger partial charge in [-0.25, -0.2) is 0 Å². The standard InChI is InChI=1S/C13H24N2O2/c1-7-11(16)15-12(2,3)8-14(10-17-6)9-13(15,4)5/h7H,1,8-10H2,2-6H3. The predicted molar refractivity (Wildman–Crippen MR) is 68.7 cm³/mol. The Hall–Kier alpha value is -0.870. The molecule has 0 saturated carbocycles. The highest BCUT2D eigenvalue weighted by Gasteiger charge is 2.46. The fourth-order valence-corrected chi connectivity index (χ4v) is 3.07. The second-order valence-electron chi connectivity index (χ2n) is 5.91. The molecular weight excluding hydrogens is 216 g/mol. The average molecular weight is 240 g/mol. The molecule has 1 rings (SSSR count). The molecule has 17 heavy (non-hydrogen) atoms. The molecule has 1 fully saturated rings. The van der Waals surface area contributed by atoms with Crippen molar-refractivity contribution in [1.82, 2.24) is 9.80 Å². The Bertz CT molecular complexity index is 293. The number of piperazine rings is 1. The molecule has 4 nitrogen and oxygen atoms in total. The van der Waals surface area contributed by atoms with Crippen LogP contribution in [0.1, 0.15) is 27.7 Å². The van der Waals surface area contributed by atoms with Crippen molar-refractivity contribution in [2.45, 2.75) is 38.8 Å². The van der Waals surface area contributed by atoms with Gasteiger partial charge < -0.3 is 9.64 Å². The number of rotatable bonds is 3. The Morgan fingerprint density at radius 3 is 2.12 bits per heavy atom. The number of hydrogen-bond donors (Lipinski definition) is 0. The monoisotopic (exact) mass is 240 g/mol. The van der Waals surface area contributed by atoms with E-state index < -0.39 is 0 Å². The van der Waals surface area contributed by atoms with Gasteiger partial charge in [0.1, 0.15) is 0 Å². The summed E-state index contributed by atoms with van der Waals surface area (Å²) in [4.78, 5) is 16.2. The van der Waals surface area contributed by atoms with Crippen molar-refractivity contribution in [2.24, 2.45) is 0 Å². The molecule has 0 unspecified atom stereocenters. The minimum absolute atomic E-state index is 0.00272. The van der Waals surface area contributed by atoms with Gasteiger partial charge in [-0.2, -0.15) is 0 Å². The first-order valence-electron chi connectivity index (χ1n) is 5.92. The van der Waals surface area contributed by atoms with Gasteiger partial charge in [-0.1, -0.05) is 6.58 Å². The number of carbonyl (C=O) groups excluding carboxylic acids is 1. The normalized spacial score (nSPS) is 23.5. The van der Waals surface area contributed by atoms with Crippen LogP contribution >= 0.6 is 0 Å². The van der Waals surface area contributed by atoms with Gasteiger partial charge >= 0.3 is 0 Å². The van der Waals surface area contributed by atoms with Crippen molar-refractivity contribution in [3.05, 3.63) is 12.7 Å². The van der Waals surface area contributed by atoms with Crippen molar-refractivity contribution >= 4 is 5.91 Å². The number of amides is 1. The zero-order valence-electron chi connectivity index (χ0n) is 11.6. The van der Waals surface area contributed by atoms with Crippen LogP contribution < -0.4 is 0 Å². The summed E-state index contributed by atoms with van der Waals surface area (Å²) >= 11 is 0. The summed E-state index contributed by atoms with van der Waals surface area (Å²) in [6.45, 7) is 14.1. The Morgan fingerprint density at radius 1 is 1.29 bits per heavy atom. The van der Waals surface area contributed by atoms with Crippen LogP contribution in [0.5, 0.6) is 0 Å². The highest BCUT2D eigenvalue weighted by molar-refractivity contribution is 5.88. The first-order valence-corrected chi connectivity index (χ1v) is 5.92. The fraction of sp³-hybridized carbons (Fsp3) is 0.769. The van der Waals surface area contributed by atoms with Crippen LogP contribution in [-0.2, 0) is 9.53 Å². The van der Waals surface area contributed by atoms with E-state index in [0.717, 1.165) is 13.1 Å². The molecule has 4 heteroatoms. The van der Waals surface area contributed by atoms with Gasteiger partial charge in [-0.05, 0) is 33.8 Å². The van der Waals surface area contributed by atoms with Crippen molar-refractivity contribution < 1.29 is 9.53 Å². The second kappa shape index (κ2) is 4.78. The number of ether oxygens (including phenoxy) is 1. The van der Waals surface area contributed by atoms with Crippen LogP contribution in [0, 0.1) is 0 Å². The Morgan fingerprint density at radius 2 is 1.76 bits per heavy atom. The molecule has 0 radical (unpaired) electrons. The van der Waals surface area contributed by atoms with Crippen LogP contribution in [0.2, 0.25) is 0 Å². The molecule has 98 valence electrons. The number of methoxy groups -OCH3 is 1. The highest BCUT2D eigenvalue weighted by atomic mass is 16.5. The van der Waals surface area contributed by atoms with Gasteiger partial charge in [-0.15, -0.1) is 0 Å². The molecule has 1 heterocycles. The van der Waals surface area contributed by atoms with Gasteiger partial charge in [0, 0.05) is 20.2 Å². The molecule has 0 aromatic heterocycles. The zero-order chi connectivity index (χ0) is 13.3. The summed E-state index contributed by atoms with van der Waals surface area (Å²) in [6, 6.07) is 0. The van der Waals surface area contributed by atoms with Crippen molar-refractivity contribution in [3.8, 4) is 0 Å². The van der Waals surface area contributed by atoms with Crippen molar-refractivity contribution in [3.63, 3.8) is 0 Å². The SMILES string of the molecule is C=CC(=O)N1C(C)(C)CN(COC)CC1(C)C. The maximum Gasteiger partial charge on any atom is 0.246 e. The Labute approximate surface area is 104 Å². The largest absolute Gasteiger partial charge is 0.369 e. The third-order valence-electron chi connectivity index (χ3n) is 3.14. The molecule has 0 atom stereocenters. The third kappa shape index (κ3) is 2.87. The molecule has 0 aromatic rings. The van der Waals surface area contributed by atoms with E-state index in [-0.39, 0.29) is 17.0 Å². The second-order valence-corrected chi connectivity index (χ2v) is 5.91. The summed E-state index contributed by atoms with van der Waals surface area (Å²) in [5, 5.41) is 0. The van der Waals surface area contributed by atoms with E-state index in [1.807, 2.05) is 4.90 Å². The maximum absolute atomic E-state index is 12.0. The van der Waals surface area contributed by atoms with Gasteiger partial charge in [-0.3, -0.25) is 9.69 Å². The van der Waals surface area contributed by atoms with Crippen LogP contribution in [0.15, 0.2) is 12.7 Å². The minimum atomic E-state index is -0.217. The summed E-state index contributed by atoms with van der Waals surface area (Å²) in [5.74, 6) is -0.00272. The van der Waals surface area contributed by atoms with Gasteiger partial charge in [0.05, 0.1) is 17.8 Å². The van der Waals surface area contributed by atoms with Crippen LogP contribution in [0.4, 0.5) is 0 Å². The lowest BCUT2D eigenvalue weighted by Gasteiger charge is -2.55. The van der Waals surface area contributed by atoms with E-state index in [9.17, 15) is 4.79 Å². The zero-order valence-corrected chi connectivity index (χ0v) is 11.6. The first kappa shape index (κ1) is 14.2. The molecule has 0 aliphatic carbocycles. The van der Waals surface area contributed by atoms with Crippen LogP contribution in [-0.4, -0.2) is 53.7 Å². The molecule has 0 spiro atoms. The molecule has 0 bridgehead atoms. The fourth-order valence-electron chi connectivity index (χ4n) is 3.07. The minimum Gasteiger partial charge on any atom is -0.369 e. The van der Waals surface area contributed by atoms with E-state index in [2.05, 4.69) is 39.2 Å². The Kier molecular flexibility index (Phi) is 3.99. The lowest BCUT2D eigenvalue weighted by Crippen LogP contribution is -2.69. The molecule has 1 amide bonds. The van der Waals surface area contributed by atoms with E-state index in [1.54, 1.807) is 7.11 Å². The number of carbonyl (C=O) groups is 1. The summed E-state index contributed by atoms with van der Waals surface area (Å²) in [6.07, 6.45) is 1.40. The average Bonchev–Trinajstić information content (AvgIpc) is 2.13. The molecular formula is C13H24N2O2. The maximum atomic E-state index is 12.0. The van der Waals surface area contributed by atoms with E-state index in [1.165, 1.54) is 6.08 Å². The summed E-state index contributed by atoms with van der Waals surface area (Å²) in [7, 11) is 1.70. The predicted octanol–water partition coefficient (Wildman–Crippen LogP) is 1.48. The molecule has 0 N–H and O–H groups in total. The summed E-state index contributed by atoms with van der Waals surface area (Å²) in [5.41, 5.74) is -0.433. The quantitative estimate of drug-likeness (QED) is 0.700. The third-order valence-corrected chi connectivity index (χ3v) is 3.14. The number of nitrogens with zero attached hydrogens (tertiary/aromatic N) is 2. The van der Waals surface area contributed by atoms with E-state index >= 15 is 0 Å². The smallest absolute Gasteiger partial charge is 0.246 e. The van der Waals surface area contributed by atoms with Gasteiger partial charge in [0.25, 0.3) is 0 Å². The Balaban J connectivity index is 2.99. The molecule has 1 aliphatic rings. The lowest BCUT2D eigenvalue weighted by atomic mass is 9.87. The highest BCUT2D eigenvalue weighted by Crippen LogP contribution is 2.32. The summed E-state index contributed by atoms with van der Waals surface area (Å²) < 4.78 is 5.19. The number of hydrogen-bond acceptors (Lipinski definition) is 3. The molecule has 0 aromatic carbocycles. The van der Waals surface area contributed by atoms with Crippen LogP contribution in [0.3, 0.4) is 0 Å². The first-order chi connectivity index (χ1) is 7.74. The molecule has 1 saturated heterocycles.